The lowest BCUT2D eigenvalue weighted by Crippen LogP contribution is -1.88. The first kappa shape index (κ1) is 6.93. The van der Waals surface area contributed by atoms with Gasteiger partial charge in [0.25, 0.3) is 0 Å². The van der Waals surface area contributed by atoms with Crippen molar-refractivity contribution in [2.24, 2.45) is 0 Å². The molecule has 1 aromatic rings. The Morgan fingerprint density at radius 2 is 2.10 bits per heavy atom. The molecule has 2 nitrogen and oxygen atoms in total. The van der Waals surface area contributed by atoms with Crippen molar-refractivity contribution in [1.82, 2.24) is 0 Å². The molecule has 0 bridgehead atoms. The Labute approximate surface area is 60.4 Å². The van der Waals surface area contributed by atoms with Crippen molar-refractivity contribution in [1.29, 1.82) is 0 Å². The van der Waals surface area contributed by atoms with E-state index < -0.39 is 0 Å². The fourth-order valence-electron chi connectivity index (χ4n) is 0.726. The minimum absolute atomic E-state index is 0.644. The molecule has 0 atom stereocenters. The Kier molecular flexibility index (Phi) is 2.15. The molecule has 2 heteroatoms. The summed E-state index contributed by atoms with van der Waals surface area (Å²) in [6, 6.07) is 8.35. The Morgan fingerprint density at radius 1 is 1.30 bits per heavy atom. The van der Waals surface area contributed by atoms with Gasteiger partial charge in [-0.3, -0.25) is 0 Å². The van der Waals surface area contributed by atoms with Gasteiger partial charge in [0.05, 0.1) is 14.2 Å². The summed E-state index contributed by atoms with van der Waals surface area (Å²) in [5, 5.41) is 0. The van der Waals surface area contributed by atoms with Crippen molar-refractivity contribution < 1.29 is 9.47 Å². The fraction of sp³-hybridized carbons (Fsp3) is 0.250. The number of hydrogen-bond acceptors (Lipinski definition) is 2. The Bertz CT molecular complexity index is 185. The van der Waals surface area contributed by atoms with E-state index in [1.165, 1.54) is 0 Å². The van der Waals surface area contributed by atoms with Crippen LogP contribution in [0.25, 0.3) is 0 Å². The highest BCUT2D eigenvalue weighted by molar-refractivity contribution is 5.37. The SMILES string of the molecule is COc1[c]cccc1OC. The topological polar surface area (TPSA) is 18.5 Å². The highest BCUT2D eigenvalue weighted by atomic mass is 16.5. The minimum Gasteiger partial charge on any atom is -0.493 e. The lowest BCUT2D eigenvalue weighted by Gasteiger charge is -2.04. The van der Waals surface area contributed by atoms with E-state index in [0.29, 0.717) is 11.5 Å². The van der Waals surface area contributed by atoms with Gasteiger partial charge in [-0.05, 0) is 6.07 Å². The second kappa shape index (κ2) is 3.11. The van der Waals surface area contributed by atoms with Crippen LogP contribution in [-0.4, -0.2) is 14.2 Å². The third-order valence-corrected chi connectivity index (χ3v) is 1.21. The normalized spacial score (nSPS) is 9.00. The third kappa shape index (κ3) is 1.21. The zero-order valence-electron chi connectivity index (χ0n) is 6.05. The molecule has 0 amide bonds. The molecule has 1 rings (SSSR count). The number of benzene rings is 1. The summed E-state index contributed by atoms with van der Waals surface area (Å²) in [4.78, 5) is 0. The summed E-state index contributed by atoms with van der Waals surface area (Å²) in [6.07, 6.45) is 0. The molecule has 0 spiro atoms. The molecule has 10 heavy (non-hydrogen) atoms. The maximum absolute atomic E-state index is 4.98. The monoisotopic (exact) mass is 137 g/mol. The first-order valence-electron chi connectivity index (χ1n) is 2.97. The number of para-hydroxylation sites is 1. The van der Waals surface area contributed by atoms with Crippen LogP contribution in [0.1, 0.15) is 0 Å². The molecule has 0 aliphatic heterocycles. The van der Waals surface area contributed by atoms with E-state index in [2.05, 4.69) is 6.07 Å². The average Bonchev–Trinajstić information content (AvgIpc) is 2.04. The van der Waals surface area contributed by atoms with Crippen molar-refractivity contribution in [3.63, 3.8) is 0 Å². The Hall–Kier alpha value is -1.18. The zero-order valence-corrected chi connectivity index (χ0v) is 6.05. The maximum Gasteiger partial charge on any atom is 0.168 e. The standard InChI is InChI=1S/C8H9O2/c1-9-7-5-3-4-6-8(7)10-2/h3-5H,1-2H3. The fourth-order valence-corrected chi connectivity index (χ4v) is 0.726. The predicted octanol–water partition coefficient (Wildman–Crippen LogP) is 1.50. The van der Waals surface area contributed by atoms with Gasteiger partial charge in [-0.2, -0.15) is 0 Å². The van der Waals surface area contributed by atoms with Crippen LogP contribution in [0, 0.1) is 6.07 Å². The van der Waals surface area contributed by atoms with Gasteiger partial charge in [0, 0.05) is 6.07 Å². The quantitative estimate of drug-likeness (QED) is 0.615. The lowest BCUT2D eigenvalue weighted by molar-refractivity contribution is 0.354. The molecule has 0 heterocycles. The molecule has 1 radical (unpaired) electrons. The van der Waals surface area contributed by atoms with Crippen LogP contribution in [0.4, 0.5) is 0 Å². The number of hydrogen-bond donors (Lipinski definition) is 0. The number of ether oxygens (including phenoxy) is 2. The van der Waals surface area contributed by atoms with Crippen LogP contribution in [0.15, 0.2) is 18.2 Å². The predicted molar refractivity (Wildman–Crippen MR) is 38.4 cm³/mol. The van der Waals surface area contributed by atoms with Gasteiger partial charge < -0.3 is 9.47 Å². The van der Waals surface area contributed by atoms with E-state index in [1.807, 2.05) is 12.1 Å². The van der Waals surface area contributed by atoms with Crippen molar-refractivity contribution in [2.45, 2.75) is 0 Å². The summed E-state index contributed by atoms with van der Waals surface area (Å²) in [6.45, 7) is 0. The molecule has 0 aromatic heterocycles. The largest absolute Gasteiger partial charge is 0.493 e. The minimum atomic E-state index is 0.644. The van der Waals surface area contributed by atoms with E-state index in [-0.39, 0.29) is 0 Å². The molecule has 0 saturated heterocycles. The van der Waals surface area contributed by atoms with E-state index in [1.54, 1.807) is 20.3 Å². The van der Waals surface area contributed by atoms with Gasteiger partial charge in [-0.25, -0.2) is 0 Å². The highest BCUT2D eigenvalue weighted by Crippen LogP contribution is 2.23. The molecule has 0 N–H and O–H groups in total. The average molecular weight is 137 g/mol. The molecule has 1 aromatic carbocycles. The molecule has 53 valence electrons. The molecule has 0 aliphatic rings. The van der Waals surface area contributed by atoms with Crippen LogP contribution in [-0.2, 0) is 0 Å². The second-order valence-electron chi connectivity index (χ2n) is 1.77. The Morgan fingerprint density at radius 3 is 2.60 bits per heavy atom. The molecular formula is C8H9O2. The zero-order chi connectivity index (χ0) is 7.40. The van der Waals surface area contributed by atoms with E-state index in [0.717, 1.165) is 0 Å². The van der Waals surface area contributed by atoms with Crippen molar-refractivity contribution >= 4 is 0 Å². The molecule has 0 unspecified atom stereocenters. The van der Waals surface area contributed by atoms with Crippen LogP contribution in [0.2, 0.25) is 0 Å². The van der Waals surface area contributed by atoms with Gasteiger partial charge in [-0.15, -0.1) is 0 Å². The van der Waals surface area contributed by atoms with E-state index >= 15 is 0 Å². The summed E-state index contributed by atoms with van der Waals surface area (Å²) in [5.74, 6) is 1.36. The van der Waals surface area contributed by atoms with Gasteiger partial charge in [0.1, 0.15) is 0 Å². The number of methoxy groups -OCH3 is 2. The summed E-state index contributed by atoms with van der Waals surface area (Å²) in [7, 11) is 3.19. The molecule has 0 aliphatic carbocycles. The molecule has 0 fully saturated rings. The highest BCUT2D eigenvalue weighted by Gasteiger charge is 1.98. The van der Waals surface area contributed by atoms with Crippen molar-refractivity contribution in [3.8, 4) is 11.5 Å². The maximum atomic E-state index is 4.98. The first-order chi connectivity index (χ1) is 4.88. The van der Waals surface area contributed by atoms with E-state index in [9.17, 15) is 0 Å². The van der Waals surface area contributed by atoms with Gasteiger partial charge in [0.2, 0.25) is 0 Å². The summed E-state index contributed by atoms with van der Waals surface area (Å²) >= 11 is 0. The first-order valence-corrected chi connectivity index (χ1v) is 2.97. The van der Waals surface area contributed by atoms with Crippen molar-refractivity contribution in [2.75, 3.05) is 14.2 Å². The van der Waals surface area contributed by atoms with Crippen LogP contribution >= 0.6 is 0 Å². The van der Waals surface area contributed by atoms with Gasteiger partial charge >= 0.3 is 0 Å². The smallest absolute Gasteiger partial charge is 0.168 e. The van der Waals surface area contributed by atoms with Gasteiger partial charge in [0.15, 0.2) is 11.5 Å². The second-order valence-corrected chi connectivity index (χ2v) is 1.77. The number of rotatable bonds is 2. The Balaban J connectivity index is 2.96. The van der Waals surface area contributed by atoms with Crippen molar-refractivity contribution in [3.05, 3.63) is 24.3 Å². The van der Waals surface area contributed by atoms with Crippen LogP contribution in [0.3, 0.4) is 0 Å². The molecule has 0 saturated carbocycles. The molecular weight excluding hydrogens is 128 g/mol. The van der Waals surface area contributed by atoms with Crippen LogP contribution in [0.5, 0.6) is 11.5 Å². The summed E-state index contributed by atoms with van der Waals surface area (Å²) in [5.41, 5.74) is 0. The van der Waals surface area contributed by atoms with Crippen LogP contribution < -0.4 is 9.47 Å². The third-order valence-electron chi connectivity index (χ3n) is 1.21. The van der Waals surface area contributed by atoms with E-state index in [4.69, 9.17) is 9.47 Å². The summed E-state index contributed by atoms with van der Waals surface area (Å²) < 4.78 is 9.94. The lowest BCUT2D eigenvalue weighted by atomic mass is 10.3. The van der Waals surface area contributed by atoms with Gasteiger partial charge in [-0.1, -0.05) is 12.1 Å².